The van der Waals surface area contributed by atoms with Crippen molar-refractivity contribution >= 4 is 20.3 Å². The van der Waals surface area contributed by atoms with Gasteiger partial charge in [-0.15, -0.1) is 0 Å². The molecule has 0 atom stereocenters. The molecule has 0 unspecified atom stereocenters. The van der Waals surface area contributed by atoms with Crippen molar-refractivity contribution in [2.45, 2.75) is 6.92 Å². The third-order valence-electron chi connectivity index (χ3n) is 0.813. The van der Waals surface area contributed by atoms with E-state index in [1.165, 1.54) is 0 Å². The van der Waals surface area contributed by atoms with Crippen molar-refractivity contribution in [3.05, 3.63) is 30.1 Å². The zero-order valence-electron chi connectivity index (χ0n) is 5.35. The zero-order valence-corrected chi connectivity index (χ0v) is 7.90. The number of aromatic nitrogens is 1. The van der Waals surface area contributed by atoms with Gasteiger partial charge in [0.15, 0.2) is 0 Å². The first kappa shape index (κ1) is 10.2. The minimum absolute atomic E-state index is 0.382. The third-order valence-corrected chi connectivity index (χ3v) is 0.813. The van der Waals surface area contributed by atoms with E-state index in [2.05, 4.69) is 4.98 Å². The monoisotopic (exact) mass is 222 g/mol. The van der Waals surface area contributed by atoms with Gasteiger partial charge < -0.3 is 0 Å². The normalized spacial score (nSPS) is 8.30. The molecule has 0 aliphatic rings. The molecule has 10 heavy (non-hydrogen) atoms. The van der Waals surface area contributed by atoms with E-state index in [0.717, 1.165) is 5.69 Å². The van der Waals surface area contributed by atoms with Gasteiger partial charge in [-0.1, -0.05) is 6.07 Å². The Morgan fingerprint density at radius 3 is 2.20 bits per heavy atom. The number of hydrogen-bond acceptors (Lipinski definition) is 1. The molecule has 0 saturated carbocycles. The molecule has 0 saturated heterocycles. The molecule has 1 rings (SSSR count). The van der Waals surface area contributed by atoms with E-state index in [1.54, 1.807) is 6.20 Å². The van der Waals surface area contributed by atoms with E-state index >= 15 is 0 Å². The van der Waals surface area contributed by atoms with Gasteiger partial charge in [-0.3, -0.25) is 4.98 Å². The Morgan fingerprint density at radius 2 is 2.00 bits per heavy atom. The molecule has 0 amide bonds. The van der Waals surface area contributed by atoms with Crippen LogP contribution in [0.1, 0.15) is 5.69 Å². The zero-order chi connectivity index (χ0) is 7.82. The van der Waals surface area contributed by atoms with Crippen molar-refractivity contribution in [3.63, 3.8) is 0 Å². The molecule has 0 aromatic carbocycles. The van der Waals surface area contributed by atoms with Crippen LogP contribution < -0.4 is 0 Å². The summed E-state index contributed by atoms with van der Waals surface area (Å²) < 4.78 is 0. The van der Waals surface area contributed by atoms with Gasteiger partial charge in [0.05, 0.1) is 0 Å². The predicted octanol–water partition coefficient (Wildman–Crippen LogP) is 2.77. The Labute approximate surface area is 75.2 Å². The van der Waals surface area contributed by atoms with E-state index in [0.29, 0.717) is 12.9 Å². The summed E-state index contributed by atoms with van der Waals surface area (Å²) in [5.41, 5.74) is 1.07. The molecule has 0 aliphatic carbocycles. The van der Waals surface area contributed by atoms with Crippen LogP contribution in [0.25, 0.3) is 0 Å². The van der Waals surface area contributed by atoms with Gasteiger partial charge in [0.2, 0.25) is 0 Å². The van der Waals surface area contributed by atoms with Crippen LogP contribution in [-0.4, -0.2) is 4.98 Å². The summed E-state index contributed by atoms with van der Waals surface area (Å²) in [7, 11) is 9.47. The first-order valence-electron chi connectivity index (χ1n) is 2.52. The molecule has 4 heteroatoms. The van der Waals surface area contributed by atoms with Crippen LogP contribution in [0.3, 0.4) is 0 Å². The van der Waals surface area contributed by atoms with Crippen molar-refractivity contribution < 1.29 is 12.9 Å². The molecule has 1 aromatic rings. The van der Waals surface area contributed by atoms with Crippen LogP contribution in [0.15, 0.2) is 24.4 Å². The fourth-order valence-corrected chi connectivity index (χ4v) is 0.448. The van der Waals surface area contributed by atoms with E-state index < -0.39 is 0 Å². The van der Waals surface area contributed by atoms with Crippen LogP contribution >= 0.6 is 20.3 Å². The van der Waals surface area contributed by atoms with Crippen molar-refractivity contribution in [2.24, 2.45) is 0 Å². The molecule has 1 nitrogen and oxygen atoms in total. The fourth-order valence-electron chi connectivity index (χ4n) is 0.448. The molecule has 1 aromatic heterocycles. The Morgan fingerprint density at radius 1 is 1.40 bits per heavy atom. The van der Waals surface area contributed by atoms with E-state index in [4.69, 9.17) is 20.3 Å². The summed E-state index contributed by atoms with van der Waals surface area (Å²) in [6, 6.07) is 5.86. The second kappa shape index (κ2) is 7.34. The van der Waals surface area contributed by atoms with E-state index in [1.807, 2.05) is 25.1 Å². The quantitative estimate of drug-likeness (QED) is 0.658. The summed E-state index contributed by atoms with van der Waals surface area (Å²) in [5.74, 6) is 0. The Bertz CT molecular complexity index is 157. The molecule has 0 N–H and O–H groups in total. The van der Waals surface area contributed by atoms with Crippen molar-refractivity contribution in [1.82, 2.24) is 4.98 Å². The first-order valence-corrected chi connectivity index (χ1v) is 5.39. The van der Waals surface area contributed by atoms with Gasteiger partial charge in [-0.05, 0) is 19.1 Å². The third kappa shape index (κ3) is 6.36. The molecule has 1 heterocycles. The number of rotatable bonds is 0. The van der Waals surface area contributed by atoms with Crippen molar-refractivity contribution in [3.8, 4) is 0 Å². The number of hydrogen-bond donors (Lipinski definition) is 0. The molecular formula is C6H7Cl2CoN. The van der Waals surface area contributed by atoms with Gasteiger partial charge in [0, 0.05) is 11.9 Å². The summed E-state index contributed by atoms with van der Waals surface area (Å²) in [5, 5.41) is 0. The van der Waals surface area contributed by atoms with Crippen LogP contribution in [0.4, 0.5) is 0 Å². The molecule has 0 spiro atoms. The van der Waals surface area contributed by atoms with Gasteiger partial charge in [-0.2, -0.15) is 0 Å². The van der Waals surface area contributed by atoms with Crippen LogP contribution in [0.5, 0.6) is 0 Å². The first-order chi connectivity index (χ1) is 4.81. The molecule has 0 fully saturated rings. The summed E-state index contributed by atoms with van der Waals surface area (Å²) in [4.78, 5) is 3.98. The van der Waals surface area contributed by atoms with Gasteiger partial charge in [0.1, 0.15) is 0 Å². The Hall–Kier alpha value is 0.236. The molecule has 59 valence electrons. The minimum atomic E-state index is 0.382. The molecule has 0 bridgehead atoms. The maximum atomic E-state index is 4.73. The number of pyridine rings is 1. The Kier molecular flexibility index (Phi) is 7.52. The van der Waals surface area contributed by atoms with Crippen LogP contribution in [0, 0.1) is 6.92 Å². The maximum absolute atomic E-state index is 4.73. The SMILES string of the molecule is Cc1ccccn1.[Cl][Co][Cl]. The second-order valence-electron chi connectivity index (χ2n) is 1.52. The standard InChI is InChI=1S/C6H7N.2ClH.Co/c1-6-4-2-3-5-7-6;;;/h2-5H,1H3;2*1H;/q;;;+2/p-2. The average Bonchev–Trinajstić information content (AvgIpc) is 1.91. The van der Waals surface area contributed by atoms with Gasteiger partial charge in [0.25, 0.3) is 0 Å². The van der Waals surface area contributed by atoms with Crippen molar-refractivity contribution in [2.75, 3.05) is 0 Å². The number of aryl methyl sites for hydroxylation is 1. The molecule has 0 radical (unpaired) electrons. The summed E-state index contributed by atoms with van der Waals surface area (Å²) in [6.07, 6.45) is 1.79. The summed E-state index contributed by atoms with van der Waals surface area (Å²) in [6.45, 7) is 1.97. The number of nitrogens with zero attached hydrogens (tertiary/aromatic N) is 1. The van der Waals surface area contributed by atoms with Gasteiger partial charge >= 0.3 is 33.2 Å². The van der Waals surface area contributed by atoms with E-state index in [9.17, 15) is 0 Å². The van der Waals surface area contributed by atoms with Crippen molar-refractivity contribution in [1.29, 1.82) is 0 Å². The predicted molar refractivity (Wildman–Crippen MR) is 40.7 cm³/mol. The topological polar surface area (TPSA) is 12.9 Å². The Balaban J connectivity index is 0.000000236. The number of halogens is 2. The second-order valence-corrected chi connectivity index (χ2v) is 3.24. The molecular weight excluding hydrogens is 216 g/mol. The van der Waals surface area contributed by atoms with Gasteiger partial charge in [-0.25, -0.2) is 0 Å². The summed E-state index contributed by atoms with van der Waals surface area (Å²) >= 11 is 0.382. The fraction of sp³-hybridized carbons (Fsp3) is 0.167. The average molecular weight is 223 g/mol. The van der Waals surface area contributed by atoms with Crippen LogP contribution in [-0.2, 0) is 12.9 Å². The molecule has 0 aliphatic heterocycles. The van der Waals surface area contributed by atoms with E-state index in [-0.39, 0.29) is 0 Å². The van der Waals surface area contributed by atoms with Crippen LogP contribution in [0.2, 0.25) is 0 Å².